The maximum atomic E-state index is 10.9. The summed E-state index contributed by atoms with van der Waals surface area (Å²) in [5.41, 5.74) is 0. The number of carbonyl (C=O) groups excluding carboxylic acids is 2. The molecule has 0 aliphatic carbocycles. The molecule has 0 atom stereocenters. The molecule has 0 saturated carbocycles. The molecule has 14 heavy (non-hydrogen) atoms. The van der Waals surface area contributed by atoms with Gasteiger partial charge >= 0.3 is 11.9 Å². The van der Waals surface area contributed by atoms with Gasteiger partial charge in [0.15, 0.2) is 0 Å². The van der Waals surface area contributed by atoms with Gasteiger partial charge in [0.25, 0.3) is 5.79 Å². The smallest absolute Gasteiger partial charge is 0.305 e. The van der Waals surface area contributed by atoms with Gasteiger partial charge in [0.2, 0.25) is 0 Å². The van der Waals surface area contributed by atoms with Crippen LogP contribution in [0.15, 0.2) is 0 Å². The third-order valence-corrected chi connectivity index (χ3v) is 2.02. The van der Waals surface area contributed by atoms with Gasteiger partial charge < -0.3 is 14.8 Å². The standard InChI is InChI=1S/C9H15NO4/c1-7(11)13-9(14-8(2)12)3-5-10-6-4-9/h10H,3-6H2,1-2H3. The van der Waals surface area contributed by atoms with Crippen LogP contribution >= 0.6 is 0 Å². The summed E-state index contributed by atoms with van der Waals surface area (Å²) in [7, 11) is 0. The second-order valence-electron chi connectivity index (χ2n) is 3.35. The van der Waals surface area contributed by atoms with Crippen LogP contribution in [-0.2, 0) is 19.1 Å². The molecule has 1 N–H and O–H groups in total. The van der Waals surface area contributed by atoms with Gasteiger partial charge in [-0.25, -0.2) is 0 Å². The molecule has 0 aromatic rings. The van der Waals surface area contributed by atoms with E-state index in [1.807, 2.05) is 0 Å². The quantitative estimate of drug-likeness (QED) is 0.510. The minimum absolute atomic E-state index is 0.423. The summed E-state index contributed by atoms with van der Waals surface area (Å²) in [6.07, 6.45) is 1.01. The fraction of sp³-hybridized carbons (Fsp3) is 0.778. The van der Waals surface area contributed by atoms with Crippen LogP contribution in [0.1, 0.15) is 26.7 Å². The third kappa shape index (κ3) is 2.99. The van der Waals surface area contributed by atoms with Gasteiger partial charge in [-0.15, -0.1) is 0 Å². The zero-order chi connectivity index (χ0) is 10.6. The van der Waals surface area contributed by atoms with Gasteiger partial charge in [0.1, 0.15) is 0 Å². The molecule has 0 spiro atoms. The minimum Gasteiger partial charge on any atom is -0.423 e. The average molecular weight is 201 g/mol. The zero-order valence-electron chi connectivity index (χ0n) is 8.46. The molecule has 0 radical (unpaired) electrons. The van der Waals surface area contributed by atoms with E-state index in [1.54, 1.807) is 0 Å². The molecule has 0 bridgehead atoms. The summed E-state index contributed by atoms with van der Waals surface area (Å²) in [4.78, 5) is 21.7. The lowest BCUT2D eigenvalue weighted by Crippen LogP contribution is -2.47. The van der Waals surface area contributed by atoms with Crippen molar-refractivity contribution in [1.29, 1.82) is 0 Å². The fourth-order valence-electron chi connectivity index (χ4n) is 1.56. The van der Waals surface area contributed by atoms with Gasteiger partial charge in [-0.05, 0) is 0 Å². The van der Waals surface area contributed by atoms with Crippen molar-refractivity contribution in [3.63, 3.8) is 0 Å². The van der Waals surface area contributed by atoms with E-state index in [-0.39, 0.29) is 0 Å². The molecular weight excluding hydrogens is 186 g/mol. The molecule has 1 aliphatic heterocycles. The normalized spacial score (nSPS) is 19.9. The van der Waals surface area contributed by atoms with Crippen molar-refractivity contribution in [3.8, 4) is 0 Å². The molecule has 0 aromatic carbocycles. The third-order valence-electron chi connectivity index (χ3n) is 2.02. The van der Waals surface area contributed by atoms with Crippen LogP contribution in [0.25, 0.3) is 0 Å². The van der Waals surface area contributed by atoms with Crippen LogP contribution in [-0.4, -0.2) is 30.8 Å². The lowest BCUT2D eigenvalue weighted by molar-refractivity contribution is -0.233. The molecule has 1 aliphatic rings. The van der Waals surface area contributed by atoms with Crippen molar-refractivity contribution < 1.29 is 19.1 Å². The Bertz CT molecular complexity index is 215. The van der Waals surface area contributed by atoms with Crippen molar-refractivity contribution in [2.24, 2.45) is 0 Å². The number of rotatable bonds is 2. The second kappa shape index (κ2) is 4.41. The van der Waals surface area contributed by atoms with Crippen molar-refractivity contribution in [2.75, 3.05) is 13.1 Å². The summed E-state index contributed by atoms with van der Waals surface area (Å²) >= 11 is 0. The highest BCUT2D eigenvalue weighted by Crippen LogP contribution is 2.25. The van der Waals surface area contributed by atoms with Crippen LogP contribution in [0, 0.1) is 0 Å². The van der Waals surface area contributed by atoms with E-state index in [0.29, 0.717) is 25.9 Å². The molecule has 1 saturated heterocycles. The molecule has 5 heteroatoms. The SMILES string of the molecule is CC(=O)OC1(OC(C)=O)CCNCC1. The van der Waals surface area contributed by atoms with Gasteiger partial charge in [-0.1, -0.05) is 0 Å². The molecule has 1 heterocycles. The predicted molar refractivity (Wildman–Crippen MR) is 48.4 cm³/mol. The van der Waals surface area contributed by atoms with Crippen LogP contribution in [0.2, 0.25) is 0 Å². The van der Waals surface area contributed by atoms with Crippen LogP contribution in [0.4, 0.5) is 0 Å². The zero-order valence-corrected chi connectivity index (χ0v) is 8.46. The van der Waals surface area contributed by atoms with E-state index in [9.17, 15) is 9.59 Å². The monoisotopic (exact) mass is 201 g/mol. The van der Waals surface area contributed by atoms with Crippen LogP contribution in [0.5, 0.6) is 0 Å². The number of nitrogens with one attached hydrogen (secondary N) is 1. The molecule has 0 aromatic heterocycles. The highest BCUT2D eigenvalue weighted by atomic mass is 16.7. The summed E-state index contributed by atoms with van der Waals surface area (Å²) in [6.45, 7) is 3.99. The highest BCUT2D eigenvalue weighted by Gasteiger charge is 2.38. The van der Waals surface area contributed by atoms with Crippen molar-refractivity contribution in [1.82, 2.24) is 5.32 Å². The summed E-state index contributed by atoms with van der Waals surface area (Å²) in [5, 5.41) is 3.10. The maximum Gasteiger partial charge on any atom is 0.305 e. The Labute approximate surface area is 82.8 Å². The number of hydrogen-bond acceptors (Lipinski definition) is 5. The Morgan fingerprint density at radius 2 is 1.50 bits per heavy atom. The van der Waals surface area contributed by atoms with Gasteiger partial charge in [0.05, 0.1) is 0 Å². The highest BCUT2D eigenvalue weighted by molar-refractivity contribution is 5.68. The minimum atomic E-state index is -1.04. The van der Waals surface area contributed by atoms with Gasteiger partial charge in [-0.2, -0.15) is 0 Å². The second-order valence-corrected chi connectivity index (χ2v) is 3.35. The fourth-order valence-corrected chi connectivity index (χ4v) is 1.56. The first-order chi connectivity index (χ1) is 6.54. The first kappa shape index (κ1) is 11.0. The summed E-state index contributed by atoms with van der Waals surface area (Å²) in [5.74, 6) is -1.88. The maximum absolute atomic E-state index is 10.9. The number of carbonyl (C=O) groups is 2. The Balaban J connectivity index is 2.66. The van der Waals surface area contributed by atoms with Gasteiger partial charge in [-0.3, -0.25) is 9.59 Å². The van der Waals surface area contributed by atoms with E-state index in [1.165, 1.54) is 13.8 Å². The molecule has 0 unspecified atom stereocenters. The first-order valence-corrected chi connectivity index (χ1v) is 4.64. The van der Waals surface area contributed by atoms with Crippen LogP contribution < -0.4 is 5.32 Å². The topological polar surface area (TPSA) is 64.6 Å². The molecule has 80 valence electrons. The van der Waals surface area contributed by atoms with E-state index in [0.717, 1.165) is 0 Å². The lowest BCUT2D eigenvalue weighted by atomic mass is 10.1. The van der Waals surface area contributed by atoms with Crippen molar-refractivity contribution in [2.45, 2.75) is 32.5 Å². The Morgan fingerprint density at radius 1 is 1.07 bits per heavy atom. The first-order valence-electron chi connectivity index (χ1n) is 4.64. The number of ether oxygens (including phenoxy) is 2. The lowest BCUT2D eigenvalue weighted by Gasteiger charge is -2.35. The molecule has 1 fully saturated rings. The summed E-state index contributed by atoms with van der Waals surface area (Å²) < 4.78 is 10.1. The average Bonchev–Trinajstić information content (AvgIpc) is 2.01. The molecule has 1 rings (SSSR count). The van der Waals surface area contributed by atoms with E-state index in [4.69, 9.17) is 9.47 Å². The van der Waals surface area contributed by atoms with Crippen molar-refractivity contribution >= 4 is 11.9 Å². The van der Waals surface area contributed by atoms with Crippen LogP contribution in [0.3, 0.4) is 0 Å². The predicted octanol–water partition coefficient (Wildman–Crippen LogP) is 0.192. The van der Waals surface area contributed by atoms with E-state index < -0.39 is 17.7 Å². The number of hydrogen-bond donors (Lipinski definition) is 1. The van der Waals surface area contributed by atoms with Gasteiger partial charge in [0, 0.05) is 39.8 Å². The number of piperidine rings is 1. The largest absolute Gasteiger partial charge is 0.423 e. The Kier molecular flexibility index (Phi) is 3.46. The summed E-state index contributed by atoms with van der Waals surface area (Å²) in [6, 6.07) is 0. The Morgan fingerprint density at radius 3 is 1.86 bits per heavy atom. The van der Waals surface area contributed by atoms with E-state index >= 15 is 0 Å². The molecular formula is C9H15NO4. The van der Waals surface area contributed by atoms with E-state index in [2.05, 4.69) is 5.32 Å². The molecule has 0 amide bonds. The number of esters is 2. The Hall–Kier alpha value is -1.10. The van der Waals surface area contributed by atoms with Crippen molar-refractivity contribution in [3.05, 3.63) is 0 Å². The molecule has 5 nitrogen and oxygen atoms in total.